The molecule has 0 N–H and O–H groups in total. The van der Waals surface area contributed by atoms with E-state index in [0.717, 1.165) is 0 Å². The van der Waals surface area contributed by atoms with E-state index >= 15 is 0 Å². The van der Waals surface area contributed by atoms with E-state index in [4.69, 9.17) is 8.92 Å². The summed E-state index contributed by atoms with van der Waals surface area (Å²) >= 11 is 1.97. The number of nitrogens with zero attached hydrogens (tertiary/aromatic N) is 2. The molecule has 0 radical (unpaired) electrons. The minimum atomic E-state index is -4.03. The number of nitro benzene ring substituents is 1. The normalized spacial score (nSPS) is 11.4. The van der Waals surface area contributed by atoms with E-state index in [0.29, 0.717) is 21.4 Å². The maximum atomic E-state index is 12.6. The largest absolute Gasteiger partial charge is 0.490 e. The Morgan fingerprint density at radius 2 is 1.77 bits per heavy atom. The highest BCUT2D eigenvalue weighted by Gasteiger charge is 2.21. The number of halogens is 1. The molecule has 31 heavy (non-hydrogen) atoms. The Balaban J connectivity index is 1.90. The van der Waals surface area contributed by atoms with Gasteiger partial charge in [0.1, 0.15) is 4.90 Å². The van der Waals surface area contributed by atoms with Crippen LogP contribution in [0.2, 0.25) is 0 Å². The maximum Gasteiger partial charge on any atom is 0.339 e. The molecule has 0 aliphatic rings. The molecular weight excluding hydrogens is 535 g/mol. The average molecular weight is 552 g/mol. The van der Waals surface area contributed by atoms with Gasteiger partial charge in [0, 0.05) is 18.3 Å². The molecule has 160 valence electrons. The van der Waals surface area contributed by atoms with Crippen molar-refractivity contribution in [1.29, 1.82) is 0 Å². The zero-order valence-electron chi connectivity index (χ0n) is 16.3. The second-order valence-electron chi connectivity index (χ2n) is 6.15. The molecule has 0 amide bonds. The molecule has 0 aliphatic heterocycles. The number of ether oxygens (including phenoxy) is 1. The molecule has 10 heteroatoms. The van der Waals surface area contributed by atoms with Crippen LogP contribution >= 0.6 is 22.6 Å². The number of non-ortho nitro benzene ring substituents is 1. The van der Waals surface area contributed by atoms with Gasteiger partial charge >= 0.3 is 10.1 Å². The zero-order chi connectivity index (χ0) is 22.4. The van der Waals surface area contributed by atoms with Crippen molar-refractivity contribution >= 4 is 50.3 Å². The molecule has 8 nitrogen and oxygen atoms in total. The highest BCUT2D eigenvalue weighted by molar-refractivity contribution is 14.1. The van der Waals surface area contributed by atoms with Gasteiger partial charge < -0.3 is 8.92 Å². The Morgan fingerprint density at radius 3 is 2.39 bits per heavy atom. The van der Waals surface area contributed by atoms with Crippen LogP contribution in [0, 0.1) is 13.7 Å². The molecule has 0 saturated heterocycles. The van der Waals surface area contributed by atoms with E-state index in [1.165, 1.54) is 36.4 Å². The molecule has 3 aromatic carbocycles. The molecular formula is C21H17IN2O6S. The standard InChI is InChI=1S/C21H17IN2O6S/c1-2-29-20-13-15(14-23-16-8-10-17(11-9-16)24(25)26)12-19(22)21(20)30-31(27,28)18-6-4-3-5-7-18/h3-14H,2H2,1H3. The Morgan fingerprint density at radius 1 is 1.10 bits per heavy atom. The SMILES string of the molecule is CCOc1cc(C=Nc2ccc([N+](=O)[O-])cc2)cc(I)c1OS(=O)(=O)c1ccccc1. The van der Waals surface area contributed by atoms with Gasteiger partial charge in [0.15, 0.2) is 11.5 Å². The molecule has 3 rings (SSSR count). The molecule has 0 aromatic heterocycles. The van der Waals surface area contributed by atoms with Gasteiger partial charge in [-0.1, -0.05) is 18.2 Å². The van der Waals surface area contributed by atoms with Crippen molar-refractivity contribution in [2.24, 2.45) is 4.99 Å². The third-order valence-electron chi connectivity index (χ3n) is 3.98. The van der Waals surface area contributed by atoms with Gasteiger partial charge in [-0.15, -0.1) is 0 Å². The van der Waals surface area contributed by atoms with Gasteiger partial charge in [0.25, 0.3) is 5.69 Å². The number of rotatable bonds is 8. The van der Waals surface area contributed by atoms with Gasteiger partial charge in [-0.25, -0.2) is 0 Å². The topological polar surface area (TPSA) is 108 Å². The monoisotopic (exact) mass is 552 g/mol. The minimum Gasteiger partial charge on any atom is -0.490 e. The van der Waals surface area contributed by atoms with Crippen LogP contribution in [0.15, 0.2) is 76.6 Å². The summed E-state index contributed by atoms with van der Waals surface area (Å²) < 4.78 is 36.8. The van der Waals surface area contributed by atoms with Crippen LogP contribution in [0.25, 0.3) is 0 Å². The summed E-state index contributed by atoms with van der Waals surface area (Å²) in [5.41, 5.74) is 1.16. The van der Waals surface area contributed by atoms with Crippen LogP contribution in [0.1, 0.15) is 12.5 Å². The van der Waals surface area contributed by atoms with E-state index in [1.54, 1.807) is 43.5 Å². The van der Waals surface area contributed by atoms with E-state index in [2.05, 4.69) is 4.99 Å². The minimum absolute atomic E-state index is 0.0201. The molecule has 0 atom stereocenters. The summed E-state index contributed by atoms with van der Waals surface area (Å²) in [6.45, 7) is 2.08. The molecule has 3 aromatic rings. The molecule has 0 bridgehead atoms. The van der Waals surface area contributed by atoms with Crippen LogP contribution in [0.3, 0.4) is 0 Å². The molecule has 0 heterocycles. The quantitative estimate of drug-likeness (QED) is 0.126. The number of hydrogen-bond donors (Lipinski definition) is 0. The summed E-state index contributed by atoms with van der Waals surface area (Å²) in [5, 5.41) is 10.7. The van der Waals surface area contributed by atoms with Crippen molar-refractivity contribution in [3.63, 3.8) is 0 Å². The number of hydrogen-bond acceptors (Lipinski definition) is 7. The third-order valence-corrected chi connectivity index (χ3v) is 6.02. The molecule has 0 unspecified atom stereocenters. The van der Waals surface area contributed by atoms with Gasteiger partial charge in [-0.2, -0.15) is 8.42 Å². The Labute approximate surface area is 193 Å². The Hall–Kier alpha value is -2.99. The van der Waals surface area contributed by atoms with Crippen molar-refractivity contribution < 1.29 is 22.3 Å². The molecule has 0 spiro atoms. The second kappa shape index (κ2) is 9.88. The Kier molecular flexibility index (Phi) is 7.23. The average Bonchev–Trinajstić information content (AvgIpc) is 2.76. The Bertz CT molecular complexity index is 1210. The van der Waals surface area contributed by atoms with Crippen molar-refractivity contribution in [1.82, 2.24) is 0 Å². The van der Waals surface area contributed by atoms with Gasteiger partial charge in [0.2, 0.25) is 0 Å². The van der Waals surface area contributed by atoms with Crippen LogP contribution in [0.5, 0.6) is 11.5 Å². The van der Waals surface area contributed by atoms with Gasteiger partial charge in [0.05, 0.1) is 20.8 Å². The van der Waals surface area contributed by atoms with Gasteiger partial charge in [-0.05, 0) is 71.5 Å². The van der Waals surface area contributed by atoms with Crippen LogP contribution in [-0.4, -0.2) is 26.2 Å². The molecule has 0 saturated carbocycles. The highest BCUT2D eigenvalue weighted by Crippen LogP contribution is 2.36. The van der Waals surface area contributed by atoms with Crippen LogP contribution in [-0.2, 0) is 10.1 Å². The van der Waals surface area contributed by atoms with Crippen molar-refractivity contribution in [3.8, 4) is 11.5 Å². The lowest BCUT2D eigenvalue weighted by molar-refractivity contribution is -0.384. The summed E-state index contributed by atoms with van der Waals surface area (Å²) in [4.78, 5) is 14.6. The first-order valence-corrected chi connectivity index (χ1v) is 11.5. The third kappa shape index (κ3) is 5.79. The lowest BCUT2D eigenvalue weighted by atomic mass is 10.2. The van der Waals surface area contributed by atoms with Crippen molar-refractivity contribution in [2.45, 2.75) is 11.8 Å². The van der Waals surface area contributed by atoms with Crippen LogP contribution < -0.4 is 8.92 Å². The molecule has 0 fully saturated rings. The predicted octanol–water partition coefficient (Wildman–Crippen LogP) is 5.12. The zero-order valence-corrected chi connectivity index (χ0v) is 19.2. The van der Waals surface area contributed by atoms with E-state index < -0.39 is 15.0 Å². The van der Waals surface area contributed by atoms with Crippen LogP contribution in [0.4, 0.5) is 11.4 Å². The first-order valence-electron chi connectivity index (χ1n) is 9.04. The lowest BCUT2D eigenvalue weighted by Crippen LogP contribution is -2.12. The number of benzene rings is 3. The number of nitro groups is 1. The number of aliphatic imine (C=N–C) groups is 1. The fraction of sp³-hybridized carbons (Fsp3) is 0.0952. The first-order chi connectivity index (χ1) is 14.8. The van der Waals surface area contributed by atoms with E-state index in [-0.39, 0.29) is 22.1 Å². The predicted molar refractivity (Wildman–Crippen MR) is 125 cm³/mol. The van der Waals surface area contributed by atoms with E-state index in [9.17, 15) is 18.5 Å². The summed E-state index contributed by atoms with van der Waals surface area (Å²) in [6.07, 6.45) is 1.56. The summed E-state index contributed by atoms with van der Waals surface area (Å²) in [5.74, 6) is 0.359. The fourth-order valence-corrected chi connectivity index (χ4v) is 4.42. The van der Waals surface area contributed by atoms with Crippen molar-refractivity contribution in [2.75, 3.05) is 6.61 Å². The lowest BCUT2D eigenvalue weighted by Gasteiger charge is -2.14. The fourth-order valence-electron chi connectivity index (χ4n) is 2.56. The van der Waals surface area contributed by atoms with Gasteiger partial charge in [-0.3, -0.25) is 15.1 Å². The van der Waals surface area contributed by atoms with Crippen molar-refractivity contribution in [3.05, 3.63) is 86.0 Å². The van der Waals surface area contributed by atoms with E-state index in [1.807, 2.05) is 22.6 Å². The summed E-state index contributed by atoms with van der Waals surface area (Å²) in [7, 11) is -4.03. The maximum absolute atomic E-state index is 12.6. The first kappa shape index (κ1) is 22.7. The molecule has 0 aliphatic carbocycles. The smallest absolute Gasteiger partial charge is 0.339 e. The second-order valence-corrected chi connectivity index (χ2v) is 8.85. The highest BCUT2D eigenvalue weighted by atomic mass is 127. The summed E-state index contributed by atoms with van der Waals surface area (Å²) in [6, 6.07) is 17.0.